The van der Waals surface area contributed by atoms with Gasteiger partial charge in [-0.15, -0.1) is 0 Å². The van der Waals surface area contributed by atoms with Crippen molar-refractivity contribution in [2.45, 2.75) is 65.0 Å². The summed E-state index contributed by atoms with van der Waals surface area (Å²) in [5, 5.41) is 0. The van der Waals surface area contributed by atoms with Gasteiger partial charge in [-0.3, -0.25) is 4.79 Å². The van der Waals surface area contributed by atoms with Crippen molar-refractivity contribution < 1.29 is 52.3 Å². The molecule has 0 spiro atoms. The Balaban J connectivity index is 1.95. The normalized spacial score (nSPS) is 11.9. The Morgan fingerprint density at radius 2 is 1.37 bits per heavy atom. The molecule has 2 aromatic rings. The van der Waals surface area contributed by atoms with E-state index in [9.17, 15) is 19.2 Å². The third-order valence-corrected chi connectivity index (χ3v) is 5.29. The summed E-state index contributed by atoms with van der Waals surface area (Å²) in [5.41, 5.74) is 6.49. The largest absolute Gasteiger partial charge is 0.514 e. The summed E-state index contributed by atoms with van der Waals surface area (Å²) < 4.78 is 35.7. The second-order valence-corrected chi connectivity index (χ2v) is 8.92. The minimum absolute atomic E-state index is 0.00735. The number of unbranched alkanes of at least 4 members (excludes halogenated alkanes) is 2. The third-order valence-electron chi connectivity index (χ3n) is 5.29. The van der Waals surface area contributed by atoms with E-state index in [4.69, 9.17) is 38.9 Å². The molecular weight excluding hydrogens is 538 g/mol. The van der Waals surface area contributed by atoms with Gasteiger partial charge >= 0.3 is 24.4 Å². The molecule has 2 aromatic carbocycles. The summed E-state index contributed by atoms with van der Waals surface area (Å²) in [6.07, 6.45) is -0.729. The quantitative estimate of drug-likeness (QED) is 0.126. The van der Waals surface area contributed by atoms with Gasteiger partial charge < -0.3 is 38.9 Å². The monoisotopic (exact) mass is 575 g/mol. The van der Waals surface area contributed by atoms with E-state index >= 15 is 0 Å². The first-order valence-electron chi connectivity index (χ1n) is 13.4. The van der Waals surface area contributed by atoms with Crippen molar-refractivity contribution in [2.24, 2.45) is 5.73 Å². The molecule has 2 atom stereocenters. The van der Waals surface area contributed by atoms with Crippen molar-refractivity contribution in [3.63, 3.8) is 0 Å². The number of hydrogen-bond donors (Lipinski definition) is 1. The molecule has 0 saturated heterocycles. The Bertz CT molecular complexity index is 1120. The summed E-state index contributed by atoms with van der Waals surface area (Å²) in [6.45, 7) is 5.50. The Labute approximate surface area is 238 Å². The van der Waals surface area contributed by atoms with Crippen LogP contribution in [0.4, 0.5) is 14.4 Å². The molecule has 0 fully saturated rings. The van der Waals surface area contributed by atoms with Crippen LogP contribution < -0.4 is 19.9 Å². The maximum Gasteiger partial charge on any atom is 0.514 e. The zero-order chi connectivity index (χ0) is 30.0. The van der Waals surface area contributed by atoms with Crippen molar-refractivity contribution in [2.75, 3.05) is 19.8 Å². The van der Waals surface area contributed by atoms with E-state index in [2.05, 4.69) is 0 Å². The van der Waals surface area contributed by atoms with Crippen molar-refractivity contribution in [3.05, 3.63) is 54.1 Å². The fourth-order valence-corrected chi connectivity index (χ4v) is 3.13. The first-order chi connectivity index (χ1) is 19.7. The number of benzene rings is 2. The van der Waals surface area contributed by atoms with Gasteiger partial charge in [0.25, 0.3) is 0 Å². The maximum atomic E-state index is 12.5. The number of hydrogen-bond acceptors (Lipinski definition) is 12. The standard InChI is InChI=1S/C29H37NO11/c1-4-6-15-35-27(32)40-24-14-13-21(18-25(24)41-28(33)36-16-7-5-2)17-23(30)26(31)37-19-20(3)38-29(34)39-22-11-9-8-10-12-22/h8-14,18,20,23H,4-7,15-17,19,30H2,1-3H3/t20-,23-/m0/s1. The molecule has 0 amide bonds. The average molecular weight is 576 g/mol. The summed E-state index contributed by atoms with van der Waals surface area (Å²) in [5.74, 6) is -0.632. The Morgan fingerprint density at radius 1 is 0.756 bits per heavy atom. The van der Waals surface area contributed by atoms with E-state index in [1.165, 1.54) is 19.1 Å². The maximum absolute atomic E-state index is 12.5. The van der Waals surface area contributed by atoms with E-state index in [1.807, 2.05) is 13.8 Å². The van der Waals surface area contributed by atoms with Crippen LogP contribution in [0, 0.1) is 0 Å². The molecule has 0 aliphatic heterocycles. The lowest BCUT2D eigenvalue weighted by Crippen LogP contribution is -2.36. The predicted octanol–water partition coefficient (Wildman–Crippen LogP) is 5.33. The summed E-state index contributed by atoms with van der Waals surface area (Å²) in [7, 11) is 0. The van der Waals surface area contributed by atoms with Gasteiger partial charge in [0.15, 0.2) is 11.5 Å². The first kappa shape index (κ1) is 32.9. The molecule has 0 heterocycles. The van der Waals surface area contributed by atoms with Gasteiger partial charge in [-0.1, -0.05) is 51.0 Å². The van der Waals surface area contributed by atoms with Gasteiger partial charge in [0.05, 0.1) is 13.2 Å². The number of esters is 1. The van der Waals surface area contributed by atoms with Crippen molar-refractivity contribution in [1.29, 1.82) is 0 Å². The zero-order valence-corrected chi connectivity index (χ0v) is 23.5. The van der Waals surface area contributed by atoms with Crippen molar-refractivity contribution in [3.8, 4) is 17.2 Å². The van der Waals surface area contributed by atoms with Crippen LogP contribution >= 0.6 is 0 Å². The third kappa shape index (κ3) is 13.1. The molecule has 0 saturated carbocycles. The Hall–Kier alpha value is -4.32. The number of rotatable bonds is 15. The molecule has 41 heavy (non-hydrogen) atoms. The number of para-hydroxylation sites is 1. The lowest BCUT2D eigenvalue weighted by molar-refractivity contribution is -0.148. The fraction of sp³-hybridized carbons (Fsp3) is 0.448. The molecular formula is C29H37NO11. The SMILES string of the molecule is CCCCOC(=O)Oc1ccc(C[C@H](N)C(=O)OC[C@H](C)OC(=O)Oc2ccccc2)cc1OC(=O)OCCCC. The Morgan fingerprint density at radius 3 is 1.98 bits per heavy atom. The topological polar surface area (TPSA) is 159 Å². The molecule has 0 aliphatic rings. The lowest BCUT2D eigenvalue weighted by Gasteiger charge is -2.16. The zero-order valence-electron chi connectivity index (χ0n) is 23.5. The van der Waals surface area contributed by atoms with E-state index in [1.54, 1.807) is 36.4 Å². The van der Waals surface area contributed by atoms with Crippen LogP contribution in [0.25, 0.3) is 0 Å². The van der Waals surface area contributed by atoms with E-state index in [0.29, 0.717) is 24.2 Å². The van der Waals surface area contributed by atoms with Gasteiger partial charge in [-0.25, -0.2) is 14.4 Å². The molecule has 12 nitrogen and oxygen atoms in total. The molecule has 2 rings (SSSR count). The highest BCUT2D eigenvalue weighted by atomic mass is 16.7. The van der Waals surface area contributed by atoms with Crippen LogP contribution in [-0.4, -0.2) is 56.4 Å². The van der Waals surface area contributed by atoms with E-state index in [-0.39, 0.29) is 37.7 Å². The fourth-order valence-electron chi connectivity index (χ4n) is 3.13. The van der Waals surface area contributed by atoms with Crippen LogP contribution in [0.3, 0.4) is 0 Å². The van der Waals surface area contributed by atoms with Crippen molar-refractivity contribution >= 4 is 24.4 Å². The number of nitrogens with two attached hydrogens (primary N) is 1. The van der Waals surface area contributed by atoms with Crippen LogP contribution in [0.1, 0.15) is 52.0 Å². The highest BCUT2D eigenvalue weighted by molar-refractivity contribution is 5.76. The second kappa shape index (κ2) is 18.1. The summed E-state index contributed by atoms with van der Waals surface area (Å²) in [6, 6.07) is 11.6. The van der Waals surface area contributed by atoms with Gasteiger partial charge in [-0.05, 0) is 56.0 Å². The van der Waals surface area contributed by atoms with Gasteiger partial charge in [0, 0.05) is 0 Å². The number of ether oxygens (including phenoxy) is 7. The molecule has 0 aliphatic carbocycles. The van der Waals surface area contributed by atoms with Crippen LogP contribution in [-0.2, 0) is 30.2 Å². The molecule has 0 aromatic heterocycles. The molecule has 12 heteroatoms. The van der Waals surface area contributed by atoms with Crippen LogP contribution in [0.2, 0.25) is 0 Å². The molecule has 2 N–H and O–H groups in total. The summed E-state index contributed by atoms with van der Waals surface area (Å²) in [4.78, 5) is 48.5. The van der Waals surface area contributed by atoms with Crippen LogP contribution in [0.5, 0.6) is 17.2 Å². The van der Waals surface area contributed by atoms with Crippen LogP contribution in [0.15, 0.2) is 48.5 Å². The van der Waals surface area contributed by atoms with Gasteiger partial charge in [0.1, 0.15) is 24.5 Å². The van der Waals surface area contributed by atoms with Crippen molar-refractivity contribution in [1.82, 2.24) is 0 Å². The van der Waals surface area contributed by atoms with E-state index in [0.717, 1.165) is 12.8 Å². The lowest BCUT2D eigenvalue weighted by atomic mass is 10.1. The second-order valence-electron chi connectivity index (χ2n) is 8.92. The predicted molar refractivity (Wildman–Crippen MR) is 146 cm³/mol. The van der Waals surface area contributed by atoms with Gasteiger partial charge in [-0.2, -0.15) is 0 Å². The minimum atomic E-state index is -1.10. The minimum Gasteiger partial charge on any atom is -0.461 e. The summed E-state index contributed by atoms with van der Waals surface area (Å²) >= 11 is 0. The highest BCUT2D eigenvalue weighted by Gasteiger charge is 2.21. The molecule has 0 bridgehead atoms. The van der Waals surface area contributed by atoms with Gasteiger partial charge in [0.2, 0.25) is 0 Å². The molecule has 0 radical (unpaired) electrons. The number of carbonyl (C=O) groups is 4. The Kier molecular flexibility index (Phi) is 14.5. The van der Waals surface area contributed by atoms with E-state index < -0.39 is 36.6 Å². The average Bonchev–Trinajstić information content (AvgIpc) is 2.93. The molecule has 224 valence electrons. The number of carbonyl (C=O) groups excluding carboxylic acids is 4. The molecule has 0 unspecified atom stereocenters. The highest BCUT2D eigenvalue weighted by Crippen LogP contribution is 2.30. The first-order valence-corrected chi connectivity index (χ1v) is 13.4. The smallest absolute Gasteiger partial charge is 0.461 e.